The van der Waals surface area contributed by atoms with E-state index in [-0.39, 0.29) is 15.6 Å². The molecular formula is C10H5BrF3NO3. The highest BCUT2D eigenvalue weighted by atomic mass is 79.9. The third kappa shape index (κ3) is 3.37. The molecule has 0 unspecified atom stereocenters. The summed E-state index contributed by atoms with van der Waals surface area (Å²) in [7, 11) is 1.09. The largest absolute Gasteiger partial charge is 0.573 e. The number of hydrogen-bond donors (Lipinski definition) is 0. The van der Waals surface area contributed by atoms with Gasteiger partial charge in [0.05, 0.1) is 18.2 Å². The van der Waals surface area contributed by atoms with E-state index in [1.807, 2.05) is 0 Å². The molecule has 0 atom stereocenters. The Morgan fingerprint density at radius 1 is 1.44 bits per heavy atom. The molecule has 0 aromatic heterocycles. The molecule has 96 valence electrons. The fourth-order valence-corrected chi connectivity index (χ4v) is 1.77. The van der Waals surface area contributed by atoms with Gasteiger partial charge in [0, 0.05) is 4.47 Å². The second kappa shape index (κ2) is 5.27. The van der Waals surface area contributed by atoms with E-state index in [1.54, 1.807) is 6.07 Å². The van der Waals surface area contributed by atoms with Crippen LogP contribution in [0.15, 0.2) is 16.6 Å². The van der Waals surface area contributed by atoms with Crippen LogP contribution in [-0.2, 0) is 4.74 Å². The van der Waals surface area contributed by atoms with Crippen LogP contribution in [0.1, 0.15) is 15.9 Å². The quantitative estimate of drug-likeness (QED) is 0.785. The maximum atomic E-state index is 12.0. The molecule has 8 heteroatoms. The number of carbonyl (C=O) groups excluding carboxylic acids is 1. The lowest BCUT2D eigenvalue weighted by atomic mass is 10.1. The number of nitrogens with zero attached hydrogens (tertiary/aromatic N) is 1. The summed E-state index contributed by atoms with van der Waals surface area (Å²) in [6.45, 7) is 0. The second-order valence-electron chi connectivity index (χ2n) is 2.98. The van der Waals surface area contributed by atoms with Crippen molar-refractivity contribution in [3.63, 3.8) is 0 Å². The number of hydrogen-bond acceptors (Lipinski definition) is 4. The first-order chi connectivity index (χ1) is 8.28. The molecule has 0 fully saturated rings. The lowest BCUT2D eigenvalue weighted by molar-refractivity contribution is -0.274. The van der Waals surface area contributed by atoms with Gasteiger partial charge in [0.15, 0.2) is 0 Å². The molecule has 1 aromatic carbocycles. The summed E-state index contributed by atoms with van der Waals surface area (Å²) in [5.41, 5.74) is -0.440. The zero-order valence-corrected chi connectivity index (χ0v) is 10.4. The van der Waals surface area contributed by atoms with Crippen LogP contribution in [0.5, 0.6) is 5.75 Å². The third-order valence-electron chi connectivity index (χ3n) is 1.81. The van der Waals surface area contributed by atoms with Crippen molar-refractivity contribution >= 4 is 21.9 Å². The summed E-state index contributed by atoms with van der Waals surface area (Å²) in [6, 6.07) is 3.34. The number of esters is 1. The number of methoxy groups -OCH3 is 1. The van der Waals surface area contributed by atoms with E-state index in [1.165, 1.54) is 0 Å². The smallest absolute Gasteiger partial charge is 0.465 e. The van der Waals surface area contributed by atoms with Crippen LogP contribution < -0.4 is 4.74 Å². The molecule has 4 nitrogen and oxygen atoms in total. The summed E-state index contributed by atoms with van der Waals surface area (Å²) in [4.78, 5) is 11.3. The molecule has 0 radical (unpaired) electrons. The minimum absolute atomic E-state index is 0.0207. The van der Waals surface area contributed by atoms with Gasteiger partial charge in [-0.25, -0.2) is 4.79 Å². The number of ether oxygens (including phenoxy) is 2. The van der Waals surface area contributed by atoms with Crippen molar-refractivity contribution in [2.24, 2.45) is 0 Å². The van der Waals surface area contributed by atoms with Crippen molar-refractivity contribution < 1.29 is 27.4 Å². The van der Waals surface area contributed by atoms with Gasteiger partial charge < -0.3 is 9.47 Å². The highest BCUT2D eigenvalue weighted by Gasteiger charge is 2.32. The average molecular weight is 324 g/mol. The molecule has 0 N–H and O–H groups in total. The Kier molecular flexibility index (Phi) is 4.19. The first-order valence-electron chi connectivity index (χ1n) is 4.36. The summed E-state index contributed by atoms with van der Waals surface area (Å²) >= 11 is 2.89. The predicted octanol–water partition coefficient (Wildman–Crippen LogP) is 3.01. The first kappa shape index (κ1) is 14.3. The topological polar surface area (TPSA) is 59.3 Å². The Balaban J connectivity index is 3.29. The van der Waals surface area contributed by atoms with Crippen LogP contribution >= 0.6 is 15.9 Å². The van der Waals surface area contributed by atoms with Gasteiger partial charge in [-0.2, -0.15) is 5.26 Å². The lowest BCUT2D eigenvalue weighted by Crippen LogP contribution is -2.17. The summed E-state index contributed by atoms with van der Waals surface area (Å²) < 4.78 is 44.1. The standard InChI is InChI=1S/C10H5BrF3NO3/c1-17-9(16)8-5(4-15)2-6(3-7(8)11)18-10(12,13)14/h2-3H,1H3. The van der Waals surface area contributed by atoms with E-state index in [2.05, 4.69) is 25.4 Å². The fourth-order valence-electron chi connectivity index (χ4n) is 1.17. The third-order valence-corrected chi connectivity index (χ3v) is 2.43. The average Bonchev–Trinajstić information content (AvgIpc) is 2.24. The molecular weight excluding hydrogens is 319 g/mol. The summed E-state index contributed by atoms with van der Waals surface area (Å²) in [5, 5.41) is 8.79. The molecule has 18 heavy (non-hydrogen) atoms. The SMILES string of the molecule is COC(=O)c1c(Br)cc(OC(F)(F)F)cc1C#N. The lowest BCUT2D eigenvalue weighted by Gasteiger charge is -2.11. The van der Waals surface area contributed by atoms with Gasteiger partial charge >= 0.3 is 12.3 Å². The molecule has 0 aliphatic rings. The number of benzene rings is 1. The zero-order valence-electron chi connectivity index (χ0n) is 8.84. The zero-order chi connectivity index (χ0) is 13.9. The fraction of sp³-hybridized carbons (Fsp3) is 0.200. The van der Waals surface area contributed by atoms with Gasteiger partial charge in [-0.15, -0.1) is 13.2 Å². The highest BCUT2D eigenvalue weighted by molar-refractivity contribution is 9.10. The molecule has 1 rings (SSSR count). The van der Waals surface area contributed by atoms with Crippen LogP contribution in [0, 0.1) is 11.3 Å². The Bertz CT molecular complexity index is 522. The molecule has 0 saturated carbocycles. The molecule has 0 aliphatic carbocycles. The Morgan fingerprint density at radius 2 is 2.06 bits per heavy atom. The molecule has 0 heterocycles. The molecule has 0 saturated heterocycles. The molecule has 0 spiro atoms. The molecule has 0 bridgehead atoms. The van der Waals surface area contributed by atoms with E-state index in [0.29, 0.717) is 0 Å². The van der Waals surface area contributed by atoms with Crippen molar-refractivity contribution in [3.8, 4) is 11.8 Å². The monoisotopic (exact) mass is 323 g/mol. The Labute approximate surface area is 108 Å². The van der Waals surface area contributed by atoms with Crippen molar-refractivity contribution in [3.05, 3.63) is 27.7 Å². The van der Waals surface area contributed by atoms with Crippen molar-refractivity contribution in [2.45, 2.75) is 6.36 Å². The van der Waals surface area contributed by atoms with Gasteiger partial charge in [0.25, 0.3) is 0 Å². The number of halogens is 4. The van der Waals surface area contributed by atoms with Crippen molar-refractivity contribution in [1.82, 2.24) is 0 Å². The van der Waals surface area contributed by atoms with Crippen molar-refractivity contribution in [2.75, 3.05) is 7.11 Å². The number of rotatable bonds is 2. The van der Waals surface area contributed by atoms with Gasteiger partial charge in [0.2, 0.25) is 0 Å². The normalized spacial score (nSPS) is 10.7. The number of alkyl halides is 3. The first-order valence-corrected chi connectivity index (χ1v) is 5.15. The van der Waals surface area contributed by atoms with Gasteiger partial charge in [-0.1, -0.05) is 0 Å². The van der Waals surface area contributed by atoms with E-state index >= 15 is 0 Å². The maximum Gasteiger partial charge on any atom is 0.573 e. The summed E-state index contributed by atoms with van der Waals surface area (Å²) in [5.74, 6) is -1.43. The van der Waals surface area contributed by atoms with Crippen LogP contribution in [-0.4, -0.2) is 19.4 Å². The second-order valence-corrected chi connectivity index (χ2v) is 3.83. The minimum atomic E-state index is -4.88. The molecule has 0 aliphatic heterocycles. The van der Waals surface area contributed by atoms with Crippen LogP contribution in [0.3, 0.4) is 0 Å². The van der Waals surface area contributed by atoms with Crippen LogP contribution in [0.4, 0.5) is 13.2 Å². The van der Waals surface area contributed by atoms with E-state index < -0.39 is 18.1 Å². The maximum absolute atomic E-state index is 12.0. The van der Waals surface area contributed by atoms with Crippen LogP contribution in [0.25, 0.3) is 0 Å². The van der Waals surface area contributed by atoms with Gasteiger partial charge in [-0.05, 0) is 28.1 Å². The molecule has 0 amide bonds. The Hall–Kier alpha value is -1.75. The van der Waals surface area contributed by atoms with Gasteiger partial charge in [0.1, 0.15) is 11.8 Å². The van der Waals surface area contributed by atoms with Gasteiger partial charge in [-0.3, -0.25) is 0 Å². The number of carbonyl (C=O) groups is 1. The van der Waals surface area contributed by atoms with E-state index in [9.17, 15) is 18.0 Å². The molecule has 1 aromatic rings. The van der Waals surface area contributed by atoms with E-state index in [4.69, 9.17) is 5.26 Å². The Morgan fingerprint density at radius 3 is 2.50 bits per heavy atom. The predicted molar refractivity (Wildman–Crippen MR) is 56.9 cm³/mol. The van der Waals surface area contributed by atoms with E-state index in [0.717, 1.165) is 19.2 Å². The minimum Gasteiger partial charge on any atom is -0.465 e. The highest BCUT2D eigenvalue weighted by Crippen LogP contribution is 2.30. The van der Waals surface area contributed by atoms with Crippen LogP contribution in [0.2, 0.25) is 0 Å². The summed E-state index contributed by atoms with van der Waals surface area (Å²) in [6.07, 6.45) is -4.88. The van der Waals surface area contributed by atoms with Crippen molar-refractivity contribution in [1.29, 1.82) is 5.26 Å². The number of nitriles is 1.